The fourth-order valence-corrected chi connectivity index (χ4v) is 5.34. The molecular weight excluding hydrogens is 350 g/mol. The Bertz CT molecular complexity index is 682. The Morgan fingerprint density at radius 2 is 2.17 bits per heavy atom. The van der Waals surface area contributed by atoms with E-state index in [1.54, 1.807) is 22.3 Å². The fourth-order valence-electron chi connectivity index (χ4n) is 3.87. The van der Waals surface area contributed by atoms with Gasteiger partial charge in [0.1, 0.15) is 5.69 Å². The number of hydrogen-bond acceptors (Lipinski definition) is 6. The minimum atomic E-state index is -3.21. The lowest BCUT2D eigenvalue weighted by Gasteiger charge is -2.42. The summed E-state index contributed by atoms with van der Waals surface area (Å²) in [6, 6.07) is 0. The van der Waals surface area contributed by atoms with Gasteiger partial charge in [0, 0.05) is 44.6 Å². The number of amides is 1. The number of piperidine rings is 1. The van der Waals surface area contributed by atoms with Crippen molar-refractivity contribution in [3.8, 4) is 0 Å². The van der Waals surface area contributed by atoms with E-state index >= 15 is 0 Å². The molecule has 0 N–H and O–H groups in total. The van der Waals surface area contributed by atoms with Crippen molar-refractivity contribution in [2.24, 2.45) is 11.3 Å². The van der Waals surface area contributed by atoms with Crippen LogP contribution in [0.1, 0.15) is 23.3 Å². The lowest BCUT2D eigenvalue weighted by Crippen LogP contribution is -2.47. The highest BCUT2D eigenvalue weighted by Gasteiger charge is 2.50. The largest absolute Gasteiger partial charge is 0.384 e. The molecule has 0 bridgehead atoms. The van der Waals surface area contributed by atoms with Crippen LogP contribution in [0.15, 0.2) is 10.9 Å². The molecule has 0 aromatic carbocycles. The Hall–Kier alpha value is -1.03. The summed E-state index contributed by atoms with van der Waals surface area (Å²) < 4.78 is 30.8. The lowest BCUT2D eigenvalue weighted by atomic mass is 9.71. The highest BCUT2D eigenvalue weighted by molar-refractivity contribution is 7.88. The minimum Gasteiger partial charge on any atom is -0.384 e. The van der Waals surface area contributed by atoms with Crippen molar-refractivity contribution < 1.29 is 17.9 Å². The van der Waals surface area contributed by atoms with Gasteiger partial charge in [-0.15, -0.1) is 11.3 Å². The first-order chi connectivity index (χ1) is 11.4. The molecule has 2 aliphatic rings. The Labute approximate surface area is 146 Å². The molecule has 1 aromatic rings. The summed E-state index contributed by atoms with van der Waals surface area (Å²) in [5, 5.41) is 1.77. The summed E-state index contributed by atoms with van der Waals surface area (Å²) in [6.07, 6.45) is 2.85. The Kier molecular flexibility index (Phi) is 4.96. The van der Waals surface area contributed by atoms with E-state index in [9.17, 15) is 13.2 Å². The zero-order chi connectivity index (χ0) is 17.4. The number of ether oxygens (including phenoxy) is 1. The van der Waals surface area contributed by atoms with Crippen LogP contribution in [0.4, 0.5) is 0 Å². The zero-order valence-corrected chi connectivity index (χ0v) is 15.6. The molecule has 2 aliphatic heterocycles. The first-order valence-electron chi connectivity index (χ1n) is 7.97. The average molecular weight is 374 g/mol. The molecule has 7 nitrogen and oxygen atoms in total. The number of rotatable bonds is 4. The maximum absolute atomic E-state index is 12.4. The van der Waals surface area contributed by atoms with Gasteiger partial charge >= 0.3 is 0 Å². The van der Waals surface area contributed by atoms with Gasteiger partial charge in [-0.25, -0.2) is 17.7 Å². The van der Waals surface area contributed by atoms with Crippen molar-refractivity contribution in [3.05, 3.63) is 16.6 Å². The van der Waals surface area contributed by atoms with Crippen LogP contribution in [0.25, 0.3) is 0 Å². The third kappa shape index (κ3) is 3.35. The summed E-state index contributed by atoms with van der Waals surface area (Å²) in [7, 11) is -1.56. The van der Waals surface area contributed by atoms with Gasteiger partial charge in [-0.2, -0.15) is 0 Å². The Balaban J connectivity index is 1.71. The normalized spacial score (nSPS) is 24.6. The predicted molar refractivity (Wildman–Crippen MR) is 91.5 cm³/mol. The number of sulfonamides is 1. The van der Waals surface area contributed by atoms with E-state index in [1.807, 2.05) is 4.90 Å². The fraction of sp³-hybridized carbons (Fsp3) is 0.733. The molecule has 9 heteroatoms. The summed E-state index contributed by atoms with van der Waals surface area (Å²) in [6.45, 7) is 2.85. The first-order valence-corrected chi connectivity index (χ1v) is 10.8. The quantitative estimate of drug-likeness (QED) is 0.784. The van der Waals surface area contributed by atoms with Crippen LogP contribution in [-0.2, 0) is 14.8 Å². The summed E-state index contributed by atoms with van der Waals surface area (Å²) in [5.74, 6) is 0.140. The van der Waals surface area contributed by atoms with E-state index < -0.39 is 10.0 Å². The average Bonchev–Trinajstić information content (AvgIpc) is 3.17. The van der Waals surface area contributed by atoms with Crippen LogP contribution in [0.2, 0.25) is 0 Å². The topological polar surface area (TPSA) is 79.8 Å². The summed E-state index contributed by atoms with van der Waals surface area (Å²) in [4.78, 5) is 18.3. The monoisotopic (exact) mass is 373 g/mol. The number of nitrogens with zero attached hydrogens (tertiary/aromatic N) is 3. The molecule has 134 valence electrons. The third-order valence-electron chi connectivity index (χ3n) is 5.32. The second-order valence-electron chi connectivity index (χ2n) is 6.74. The molecule has 1 spiro atoms. The molecule has 0 saturated carbocycles. The molecule has 1 aromatic heterocycles. The SMILES string of the molecule is COCC1CN(S(C)(=O)=O)CC12CCN(C(=O)c1cscn1)CC2. The van der Waals surface area contributed by atoms with Crippen LogP contribution < -0.4 is 0 Å². The Morgan fingerprint density at radius 1 is 1.46 bits per heavy atom. The van der Waals surface area contributed by atoms with Gasteiger partial charge in [0.2, 0.25) is 10.0 Å². The van der Waals surface area contributed by atoms with Crippen molar-refractivity contribution in [2.75, 3.05) is 46.2 Å². The molecule has 2 saturated heterocycles. The first kappa shape index (κ1) is 17.8. The van der Waals surface area contributed by atoms with Gasteiger partial charge < -0.3 is 9.64 Å². The van der Waals surface area contributed by atoms with Crippen molar-refractivity contribution in [1.29, 1.82) is 0 Å². The lowest BCUT2D eigenvalue weighted by molar-refractivity contribution is 0.0325. The number of carbonyl (C=O) groups is 1. The molecular formula is C15H23N3O4S2. The highest BCUT2D eigenvalue weighted by Crippen LogP contribution is 2.45. The molecule has 1 atom stereocenters. The van der Waals surface area contributed by atoms with E-state index in [2.05, 4.69) is 4.98 Å². The van der Waals surface area contributed by atoms with E-state index in [4.69, 9.17) is 4.74 Å². The maximum Gasteiger partial charge on any atom is 0.273 e. The smallest absolute Gasteiger partial charge is 0.273 e. The van der Waals surface area contributed by atoms with E-state index in [0.29, 0.717) is 38.5 Å². The van der Waals surface area contributed by atoms with Gasteiger partial charge in [-0.3, -0.25) is 4.79 Å². The second-order valence-corrected chi connectivity index (χ2v) is 9.44. The standard InChI is InChI=1S/C15H23N3O4S2/c1-22-8-12-7-18(24(2,20)21)10-15(12)3-5-17(6-4-15)14(19)13-9-23-11-16-13/h9,11-12H,3-8,10H2,1-2H3. The number of methoxy groups -OCH3 is 1. The van der Waals surface area contributed by atoms with Gasteiger partial charge in [0.05, 0.1) is 18.4 Å². The van der Waals surface area contributed by atoms with Gasteiger partial charge in [0.25, 0.3) is 5.91 Å². The van der Waals surface area contributed by atoms with Crippen LogP contribution >= 0.6 is 11.3 Å². The van der Waals surface area contributed by atoms with Crippen molar-refractivity contribution >= 4 is 27.3 Å². The number of thiazole rings is 1. The van der Waals surface area contributed by atoms with Crippen LogP contribution in [0, 0.1) is 11.3 Å². The van der Waals surface area contributed by atoms with E-state index in [-0.39, 0.29) is 17.2 Å². The molecule has 2 fully saturated rings. The van der Waals surface area contributed by atoms with Crippen LogP contribution in [-0.4, -0.2) is 74.7 Å². The number of aromatic nitrogens is 1. The van der Waals surface area contributed by atoms with E-state index in [0.717, 1.165) is 12.8 Å². The zero-order valence-electron chi connectivity index (χ0n) is 14.0. The molecule has 3 heterocycles. The highest BCUT2D eigenvalue weighted by atomic mass is 32.2. The number of likely N-dealkylation sites (tertiary alicyclic amines) is 1. The summed E-state index contributed by atoms with van der Waals surface area (Å²) in [5.41, 5.74) is 2.06. The molecule has 3 rings (SSSR count). The third-order valence-corrected chi connectivity index (χ3v) is 7.12. The van der Waals surface area contributed by atoms with Gasteiger partial charge in [-0.05, 0) is 18.3 Å². The molecule has 0 radical (unpaired) electrons. The minimum absolute atomic E-state index is 0.0349. The second kappa shape index (κ2) is 6.70. The Morgan fingerprint density at radius 3 is 2.71 bits per heavy atom. The van der Waals surface area contributed by atoms with E-state index in [1.165, 1.54) is 17.6 Å². The van der Waals surface area contributed by atoms with Crippen molar-refractivity contribution in [1.82, 2.24) is 14.2 Å². The summed E-state index contributed by atoms with van der Waals surface area (Å²) >= 11 is 1.41. The molecule has 1 unspecified atom stereocenters. The van der Waals surface area contributed by atoms with Crippen molar-refractivity contribution in [2.45, 2.75) is 12.8 Å². The number of hydrogen-bond donors (Lipinski definition) is 0. The molecule has 1 amide bonds. The number of carbonyl (C=O) groups excluding carboxylic acids is 1. The van der Waals surface area contributed by atoms with Gasteiger partial charge in [-0.1, -0.05) is 0 Å². The molecule has 0 aliphatic carbocycles. The van der Waals surface area contributed by atoms with Crippen molar-refractivity contribution in [3.63, 3.8) is 0 Å². The van der Waals surface area contributed by atoms with Crippen LogP contribution in [0.3, 0.4) is 0 Å². The maximum atomic E-state index is 12.4. The molecule has 24 heavy (non-hydrogen) atoms. The van der Waals surface area contributed by atoms with Gasteiger partial charge in [0.15, 0.2) is 0 Å². The predicted octanol–water partition coefficient (Wildman–Crippen LogP) is 0.903. The van der Waals surface area contributed by atoms with Crippen LogP contribution in [0.5, 0.6) is 0 Å².